The normalized spacial score (nSPS) is 11.0. The van der Waals surface area contributed by atoms with Crippen LogP contribution in [0.4, 0.5) is 5.69 Å². The van der Waals surface area contributed by atoms with Crippen LogP contribution in [-0.4, -0.2) is 34.3 Å². The standard InChI is InChI=1S/C27H30N4O4/c1-16-8-7-9-21(17(16)2)28-25(32)13-11-20-18(3)30(4)26-15-22(29-31(26)27(20)33)19-10-12-23(34-5)24(14-19)35-6/h7-10,12,14-15H,11,13H2,1-6H3,(H,28,32). The van der Waals surface area contributed by atoms with E-state index in [1.807, 2.05) is 74.9 Å². The summed E-state index contributed by atoms with van der Waals surface area (Å²) in [5.41, 5.74) is 6.21. The zero-order valence-electron chi connectivity index (χ0n) is 20.9. The Kier molecular flexibility index (Phi) is 6.64. The number of benzene rings is 2. The van der Waals surface area contributed by atoms with Crippen molar-refractivity contribution in [2.45, 2.75) is 33.6 Å². The topological polar surface area (TPSA) is 86.9 Å². The van der Waals surface area contributed by atoms with Crippen molar-refractivity contribution in [3.8, 4) is 22.8 Å². The maximum absolute atomic E-state index is 13.4. The highest BCUT2D eigenvalue weighted by Crippen LogP contribution is 2.32. The van der Waals surface area contributed by atoms with Crippen LogP contribution >= 0.6 is 0 Å². The predicted octanol–water partition coefficient (Wildman–Crippen LogP) is 4.21. The predicted molar refractivity (Wildman–Crippen MR) is 137 cm³/mol. The molecule has 0 saturated carbocycles. The highest BCUT2D eigenvalue weighted by molar-refractivity contribution is 5.91. The number of hydrogen-bond donors (Lipinski definition) is 1. The van der Waals surface area contributed by atoms with Crippen molar-refractivity contribution >= 4 is 17.2 Å². The van der Waals surface area contributed by atoms with Crippen molar-refractivity contribution in [3.63, 3.8) is 0 Å². The summed E-state index contributed by atoms with van der Waals surface area (Å²) < 4.78 is 14.0. The number of nitrogens with one attached hydrogen (secondary N) is 1. The summed E-state index contributed by atoms with van der Waals surface area (Å²) in [7, 11) is 5.05. The SMILES string of the molecule is COc1ccc(-c2cc3n(C)c(C)c(CCC(=O)Nc4cccc(C)c4C)c(=O)n3n2)cc1OC. The summed E-state index contributed by atoms with van der Waals surface area (Å²) in [6, 6.07) is 13.2. The van der Waals surface area contributed by atoms with Crippen LogP contribution in [-0.2, 0) is 18.3 Å². The molecule has 1 amide bonds. The minimum absolute atomic E-state index is 0.133. The fourth-order valence-electron chi connectivity index (χ4n) is 4.18. The molecule has 4 rings (SSSR count). The average Bonchev–Trinajstić information content (AvgIpc) is 3.31. The number of rotatable bonds is 7. The monoisotopic (exact) mass is 474 g/mol. The van der Waals surface area contributed by atoms with E-state index in [1.54, 1.807) is 14.2 Å². The first kappa shape index (κ1) is 24.1. The number of carbonyl (C=O) groups is 1. The van der Waals surface area contributed by atoms with Gasteiger partial charge in [-0.25, -0.2) is 0 Å². The Morgan fingerprint density at radius 2 is 1.77 bits per heavy atom. The van der Waals surface area contributed by atoms with Gasteiger partial charge in [0.1, 0.15) is 5.65 Å². The number of anilines is 1. The molecule has 0 bridgehead atoms. The first-order valence-corrected chi connectivity index (χ1v) is 11.4. The van der Waals surface area contributed by atoms with Crippen molar-refractivity contribution in [1.82, 2.24) is 14.2 Å². The third kappa shape index (κ3) is 4.51. The van der Waals surface area contributed by atoms with Gasteiger partial charge in [0.15, 0.2) is 11.5 Å². The lowest BCUT2D eigenvalue weighted by Gasteiger charge is -2.13. The molecule has 0 aliphatic carbocycles. The van der Waals surface area contributed by atoms with Crippen molar-refractivity contribution in [1.29, 1.82) is 0 Å². The smallest absolute Gasteiger partial charge is 0.277 e. The molecule has 8 nitrogen and oxygen atoms in total. The Balaban J connectivity index is 1.63. The maximum atomic E-state index is 13.4. The molecule has 0 atom stereocenters. The van der Waals surface area contributed by atoms with Crippen molar-refractivity contribution in [2.24, 2.45) is 7.05 Å². The molecule has 1 N–H and O–H groups in total. The molecule has 35 heavy (non-hydrogen) atoms. The van der Waals surface area contributed by atoms with Crippen molar-refractivity contribution in [3.05, 3.63) is 75.2 Å². The fraction of sp³-hybridized carbons (Fsp3) is 0.296. The van der Waals surface area contributed by atoms with Crippen LogP contribution in [0.1, 0.15) is 28.8 Å². The van der Waals surface area contributed by atoms with Crippen molar-refractivity contribution < 1.29 is 14.3 Å². The number of fused-ring (bicyclic) bond motifs is 1. The summed E-state index contributed by atoms with van der Waals surface area (Å²) >= 11 is 0. The lowest BCUT2D eigenvalue weighted by molar-refractivity contribution is -0.116. The minimum atomic E-state index is -0.220. The molecule has 0 unspecified atom stereocenters. The van der Waals surface area contributed by atoms with Crippen LogP contribution in [0.2, 0.25) is 0 Å². The van der Waals surface area contributed by atoms with Gasteiger partial charge in [-0.05, 0) is 62.6 Å². The molecule has 2 heterocycles. The molecule has 182 valence electrons. The highest BCUT2D eigenvalue weighted by Gasteiger charge is 2.18. The largest absolute Gasteiger partial charge is 0.493 e. The van der Waals surface area contributed by atoms with E-state index in [0.29, 0.717) is 34.8 Å². The van der Waals surface area contributed by atoms with Crippen molar-refractivity contribution in [2.75, 3.05) is 19.5 Å². The van der Waals surface area contributed by atoms with Crippen LogP contribution in [0.3, 0.4) is 0 Å². The number of amides is 1. The van der Waals surface area contributed by atoms with Gasteiger partial charge in [0.05, 0.1) is 19.9 Å². The summed E-state index contributed by atoms with van der Waals surface area (Å²) in [5.74, 6) is 1.07. The van der Waals surface area contributed by atoms with Crippen LogP contribution < -0.4 is 20.3 Å². The van der Waals surface area contributed by atoms with E-state index in [1.165, 1.54) is 4.52 Å². The van der Waals surface area contributed by atoms with E-state index in [9.17, 15) is 9.59 Å². The third-order valence-corrected chi connectivity index (χ3v) is 6.58. The number of aromatic nitrogens is 3. The molecule has 2 aromatic heterocycles. The van der Waals surface area contributed by atoms with Gasteiger partial charge < -0.3 is 19.4 Å². The number of hydrogen-bond acceptors (Lipinski definition) is 5. The highest BCUT2D eigenvalue weighted by atomic mass is 16.5. The van der Waals surface area contributed by atoms with Gasteiger partial charge in [-0.15, -0.1) is 0 Å². The second kappa shape index (κ2) is 9.66. The van der Waals surface area contributed by atoms with E-state index in [0.717, 1.165) is 28.1 Å². The molecule has 2 aromatic carbocycles. The number of ether oxygens (including phenoxy) is 2. The van der Waals surface area contributed by atoms with Gasteiger partial charge in [0, 0.05) is 42.0 Å². The van der Waals surface area contributed by atoms with Gasteiger partial charge in [0.2, 0.25) is 5.91 Å². The Hall–Kier alpha value is -4.07. The van der Waals surface area contributed by atoms with E-state index >= 15 is 0 Å². The molecule has 4 aromatic rings. The Morgan fingerprint density at radius 3 is 2.49 bits per heavy atom. The lowest BCUT2D eigenvalue weighted by atomic mass is 10.1. The number of aryl methyl sites for hydroxylation is 2. The molecule has 0 saturated heterocycles. The second-order valence-electron chi connectivity index (χ2n) is 8.59. The number of nitrogens with zero attached hydrogens (tertiary/aromatic N) is 3. The fourth-order valence-corrected chi connectivity index (χ4v) is 4.18. The molecule has 0 fully saturated rings. The van der Waals surface area contributed by atoms with Crippen LogP contribution in [0.5, 0.6) is 11.5 Å². The zero-order valence-corrected chi connectivity index (χ0v) is 20.9. The Morgan fingerprint density at radius 1 is 1.03 bits per heavy atom. The molecule has 0 aliphatic heterocycles. The minimum Gasteiger partial charge on any atom is -0.493 e. The maximum Gasteiger partial charge on any atom is 0.277 e. The molecule has 0 aliphatic rings. The Labute approximate surface area is 204 Å². The van der Waals surface area contributed by atoms with Crippen LogP contribution in [0, 0.1) is 20.8 Å². The lowest BCUT2D eigenvalue weighted by Crippen LogP contribution is -2.26. The molecular formula is C27H30N4O4. The number of methoxy groups -OCH3 is 2. The first-order valence-electron chi connectivity index (χ1n) is 11.4. The average molecular weight is 475 g/mol. The van der Waals surface area contributed by atoms with Gasteiger partial charge in [0.25, 0.3) is 5.56 Å². The molecule has 0 spiro atoms. The summed E-state index contributed by atoms with van der Waals surface area (Å²) in [4.78, 5) is 26.0. The van der Waals surface area contributed by atoms with Gasteiger partial charge in [-0.2, -0.15) is 9.61 Å². The molecule has 8 heteroatoms. The summed E-state index contributed by atoms with van der Waals surface area (Å²) in [6.07, 6.45) is 0.509. The van der Waals surface area contributed by atoms with E-state index in [2.05, 4.69) is 10.4 Å². The van der Waals surface area contributed by atoms with E-state index in [4.69, 9.17) is 9.47 Å². The third-order valence-electron chi connectivity index (χ3n) is 6.58. The van der Waals surface area contributed by atoms with E-state index < -0.39 is 0 Å². The summed E-state index contributed by atoms with van der Waals surface area (Å²) in [5, 5.41) is 7.54. The van der Waals surface area contributed by atoms with Gasteiger partial charge in [-0.1, -0.05) is 12.1 Å². The molecule has 0 radical (unpaired) electrons. The molecular weight excluding hydrogens is 444 g/mol. The quantitative estimate of drug-likeness (QED) is 0.434. The van der Waals surface area contributed by atoms with E-state index in [-0.39, 0.29) is 17.9 Å². The summed E-state index contributed by atoms with van der Waals surface area (Å²) in [6.45, 7) is 5.88. The van der Waals surface area contributed by atoms with Gasteiger partial charge in [-0.3, -0.25) is 9.59 Å². The second-order valence-corrected chi connectivity index (χ2v) is 8.59. The Bertz CT molecular complexity index is 1480. The van der Waals surface area contributed by atoms with Crippen LogP contribution in [0.25, 0.3) is 16.9 Å². The van der Waals surface area contributed by atoms with Crippen LogP contribution in [0.15, 0.2) is 47.3 Å². The zero-order chi connectivity index (χ0) is 25.3. The van der Waals surface area contributed by atoms with Gasteiger partial charge >= 0.3 is 0 Å². The first-order chi connectivity index (χ1) is 16.7. The number of carbonyl (C=O) groups excluding carboxylic acids is 1.